The second-order valence-electron chi connectivity index (χ2n) is 4.68. The molecule has 104 valence electrons. The second-order valence-corrected chi connectivity index (χ2v) is 4.68. The third-order valence-electron chi connectivity index (χ3n) is 3.03. The van der Waals surface area contributed by atoms with Crippen LogP contribution in [0.15, 0.2) is 24.3 Å². The molecule has 0 spiro atoms. The Morgan fingerprint density at radius 3 is 3.00 bits per heavy atom. The molecule has 1 aromatic heterocycles. The monoisotopic (exact) mass is 273 g/mol. The van der Waals surface area contributed by atoms with Gasteiger partial charge in [-0.15, -0.1) is 0 Å². The number of carbonyl (C=O) groups is 1. The number of amides is 1. The molecule has 0 fully saturated rings. The normalized spacial score (nSPS) is 12.4. The van der Waals surface area contributed by atoms with Gasteiger partial charge in [-0.2, -0.15) is 5.10 Å². The number of aromatic amines is 1. The Kier molecular flexibility index (Phi) is 3.28. The molecule has 0 atom stereocenters. The Balaban J connectivity index is 1.55. The van der Waals surface area contributed by atoms with Crippen LogP contribution in [0.25, 0.3) is 0 Å². The number of H-pyrrole nitrogens is 1. The molecule has 0 aliphatic carbocycles. The summed E-state index contributed by atoms with van der Waals surface area (Å²) in [4.78, 5) is 11.8. The molecule has 1 aliphatic heterocycles. The summed E-state index contributed by atoms with van der Waals surface area (Å²) in [5, 5.41) is 9.71. The Morgan fingerprint density at radius 2 is 2.20 bits per heavy atom. The van der Waals surface area contributed by atoms with E-state index in [9.17, 15) is 4.79 Å². The van der Waals surface area contributed by atoms with Crippen molar-refractivity contribution in [3.05, 3.63) is 41.2 Å². The topological polar surface area (TPSA) is 76.2 Å². The number of benzene rings is 1. The van der Waals surface area contributed by atoms with Crippen LogP contribution in [0, 0.1) is 6.92 Å². The van der Waals surface area contributed by atoms with E-state index in [1.54, 1.807) is 0 Å². The van der Waals surface area contributed by atoms with Crippen molar-refractivity contribution in [2.45, 2.75) is 19.9 Å². The lowest BCUT2D eigenvalue weighted by molar-refractivity contribution is -0.120. The molecule has 6 heteroatoms. The maximum absolute atomic E-state index is 11.8. The van der Waals surface area contributed by atoms with Gasteiger partial charge in [0.2, 0.25) is 12.7 Å². The highest BCUT2D eigenvalue weighted by Crippen LogP contribution is 2.32. The maximum Gasteiger partial charge on any atom is 0.231 e. The number of fused-ring (bicyclic) bond motifs is 1. The Bertz CT molecular complexity index is 636. The zero-order valence-corrected chi connectivity index (χ0v) is 11.1. The molecule has 2 N–H and O–H groups in total. The molecule has 20 heavy (non-hydrogen) atoms. The van der Waals surface area contributed by atoms with E-state index in [4.69, 9.17) is 9.47 Å². The minimum Gasteiger partial charge on any atom is -0.454 e. The van der Waals surface area contributed by atoms with E-state index in [2.05, 4.69) is 15.5 Å². The van der Waals surface area contributed by atoms with Crippen molar-refractivity contribution in [1.29, 1.82) is 0 Å². The van der Waals surface area contributed by atoms with E-state index in [-0.39, 0.29) is 19.1 Å². The summed E-state index contributed by atoms with van der Waals surface area (Å²) < 4.78 is 10.5. The maximum atomic E-state index is 11.8. The number of aromatic nitrogens is 2. The second kappa shape index (κ2) is 5.24. The molecule has 3 rings (SSSR count). The van der Waals surface area contributed by atoms with Crippen LogP contribution in [0.4, 0.5) is 0 Å². The van der Waals surface area contributed by atoms with Gasteiger partial charge in [-0.1, -0.05) is 6.07 Å². The third kappa shape index (κ3) is 2.74. The van der Waals surface area contributed by atoms with Gasteiger partial charge in [0.15, 0.2) is 11.5 Å². The van der Waals surface area contributed by atoms with Crippen LogP contribution >= 0.6 is 0 Å². The number of nitrogens with zero attached hydrogens (tertiary/aromatic N) is 1. The van der Waals surface area contributed by atoms with Crippen molar-refractivity contribution in [1.82, 2.24) is 15.5 Å². The van der Waals surface area contributed by atoms with Gasteiger partial charge >= 0.3 is 0 Å². The molecule has 1 amide bonds. The van der Waals surface area contributed by atoms with Crippen molar-refractivity contribution < 1.29 is 14.3 Å². The van der Waals surface area contributed by atoms with Crippen LogP contribution in [-0.4, -0.2) is 22.9 Å². The molecule has 2 heterocycles. The average molecular weight is 273 g/mol. The van der Waals surface area contributed by atoms with Crippen LogP contribution in [0.2, 0.25) is 0 Å². The summed E-state index contributed by atoms with van der Waals surface area (Å²) in [6, 6.07) is 7.49. The molecule has 1 aliphatic rings. The molecule has 6 nitrogen and oxygen atoms in total. The highest BCUT2D eigenvalue weighted by molar-refractivity contribution is 5.78. The zero-order chi connectivity index (χ0) is 13.9. The summed E-state index contributed by atoms with van der Waals surface area (Å²) in [7, 11) is 0. The van der Waals surface area contributed by atoms with Crippen molar-refractivity contribution in [2.24, 2.45) is 0 Å². The molecule has 1 aromatic carbocycles. The van der Waals surface area contributed by atoms with Gasteiger partial charge in [0.05, 0.1) is 12.1 Å². The Morgan fingerprint density at radius 1 is 1.35 bits per heavy atom. The summed E-state index contributed by atoms with van der Waals surface area (Å²) in [6.45, 7) is 2.61. The van der Waals surface area contributed by atoms with Crippen LogP contribution in [0.1, 0.15) is 17.0 Å². The predicted octanol–water partition coefficient (Wildman–Crippen LogP) is 1.31. The fourth-order valence-corrected chi connectivity index (χ4v) is 2.04. The number of hydrogen-bond donors (Lipinski definition) is 2. The lowest BCUT2D eigenvalue weighted by Crippen LogP contribution is -2.24. The molecular formula is C14H15N3O3. The van der Waals surface area contributed by atoms with Crippen molar-refractivity contribution >= 4 is 5.91 Å². The SMILES string of the molecule is Cc1cc(CC(=O)NCc2ccc3c(c2)OCO3)n[nH]1. The molecule has 0 unspecified atom stereocenters. The fourth-order valence-electron chi connectivity index (χ4n) is 2.04. The first-order valence-electron chi connectivity index (χ1n) is 6.37. The lowest BCUT2D eigenvalue weighted by atomic mass is 10.2. The minimum absolute atomic E-state index is 0.0610. The van der Waals surface area contributed by atoms with Crippen LogP contribution in [0.3, 0.4) is 0 Å². The fraction of sp³-hybridized carbons (Fsp3) is 0.286. The first kappa shape index (κ1) is 12.5. The Hall–Kier alpha value is -2.50. The van der Waals surface area contributed by atoms with E-state index in [0.717, 1.165) is 28.5 Å². The van der Waals surface area contributed by atoms with E-state index in [1.807, 2.05) is 31.2 Å². The summed E-state index contributed by atoms with van der Waals surface area (Å²) in [5.41, 5.74) is 2.66. The first-order valence-corrected chi connectivity index (χ1v) is 6.37. The van der Waals surface area contributed by atoms with Gasteiger partial charge in [-0.05, 0) is 30.7 Å². The van der Waals surface area contributed by atoms with E-state index in [0.29, 0.717) is 6.54 Å². The third-order valence-corrected chi connectivity index (χ3v) is 3.03. The average Bonchev–Trinajstić information content (AvgIpc) is 3.04. The summed E-state index contributed by atoms with van der Waals surface area (Å²) in [5.74, 6) is 1.40. The van der Waals surface area contributed by atoms with Gasteiger partial charge in [0.25, 0.3) is 0 Å². The molecule has 2 aromatic rings. The zero-order valence-electron chi connectivity index (χ0n) is 11.1. The Labute approximate surface area is 116 Å². The number of aryl methyl sites for hydroxylation is 1. The van der Waals surface area contributed by atoms with Crippen molar-refractivity contribution in [2.75, 3.05) is 6.79 Å². The minimum atomic E-state index is -0.0610. The molecular weight excluding hydrogens is 258 g/mol. The summed E-state index contributed by atoms with van der Waals surface area (Å²) >= 11 is 0. The quantitative estimate of drug-likeness (QED) is 0.880. The smallest absolute Gasteiger partial charge is 0.231 e. The number of ether oxygens (including phenoxy) is 2. The number of hydrogen-bond acceptors (Lipinski definition) is 4. The number of rotatable bonds is 4. The van der Waals surface area contributed by atoms with Gasteiger partial charge in [0, 0.05) is 12.2 Å². The first-order chi connectivity index (χ1) is 9.70. The van der Waals surface area contributed by atoms with Crippen LogP contribution in [-0.2, 0) is 17.8 Å². The standard InChI is InChI=1S/C14H15N3O3/c1-9-4-11(17-16-9)6-14(18)15-7-10-2-3-12-13(5-10)20-8-19-12/h2-5H,6-8H2,1H3,(H,15,18)(H,16,17). The number of nitrogens with one attached hydrogen (secondary N) is 2. The van der Waals surface area contributed by atoms with E-state index >= 15 is 0 Å². The molecule has 0 bridgehead atoms. The highest BCUT2D eigenvalue weighted by Gasteiger charge is 2.13. The van der Waals surface area contributed by atoms with Crippen LogP contribution < -0.4 is 14.8 Å². The molecule has 0 saturated carbocycles. The van der Waals surface area contributed by atoms with Crippen LogP contribution in [0.5, 0.6) is 11.5 Å². The lowest BCUT2D eigenvalue weighted by Gasteiger charge is -2.05. The van der Waals surface area contributed by atoms with Gasteiger partial charge < -0.3 is 14.8 Å². The molecule has 0 radical (unpaired) electrons. The van der Waals surface area contributed by atoms with Crippen molar-refractivity contribution in [3.63, 3.8) is 0 Å². The van der Waals surface area contributed by atoms with Crippen molar-refractivity contribution in [3.8, 4) is 11.5 Å². The summed E-state index contributed by atoms with van der Waals surface area (Å²) in [6.07, 6.45) is 0.273. The van der Waals surface area contributed by atoms with Gasteiger partial charge in [-0.25, -0.2) is 0 Å². The predicted molar refractivity (Wildman–Crippen MR) is 71.4 cm³/mol. The molecule has 0 saturated heterocycles. The van der Waals surface area contributed by atoms with Gasteiger partial charge in [0.1, 0.15) is 0 Å². The highest BCUT2D eigenvalue weighted by atomic mass is 16.7. The van der Waals surface area contributed by atoms with Gasteiger partial charge in [-0.3, -0.25) is 9.89 Å². The largest absolute Gasteiger partial charge is 0.454 e. The number of carbonyl (C=O) groups excluding carboxylic acids is 1. The van der Waals surface area contributed by atoms with E-state index < -0.39 is 0 Å². The van der Waals surface area contributed by atoms with E-state index in [1.165, 1.54) is 0 Å².